The van der Waals surface area contributed by atoms with E-state index in [1.165, 1.54) is 0 Å². The Morgan fingerprint density at radius 2 is 1.86 bits per heavy atom. The Hall–Kier alpha value is -1.80. The third kappa shape index (κ3) is 4.43. The number of thiazole rings is 1. The minimum atomic E-state index is -1.40. The monoisotopic (exact) mass is 431 g/mol. The number of hydrogen-bond acceptors (Lipinski definition) is 4. The molecule has 28 heavy (non-hydrogen) atoms. The van der Waals surface area contributed by atoms with Gasteiger partial charge in [0.25, 0.3) is 5.91 Å². The van der Waals surface area contributed by atoms with Crippen LogP contribution < -0.4 is 10.6 Å². The highest BCUT2D eigenvalue weighted by Gasteiger charge is 2.29. The van der Waals surface area contributed by atoms with E-state index in [9.17, 15) is 18.0 Å². The van der Waals surface area contributed by atoms with Gasteiger partial charge in [0, 0.05) is 23.5 Å². The lowest BCUT2D eigenvalue weighted by atomic mass is 9.86. The summed E-state index contributed by atoms with van der Waals surface area (Å²) >= 11 is 7.25. The maximum absolute atomic E-state index is 14.3. The molecule has 1 fully saturated rings. The zero-order chi connectivity index (χ0) is 20.4. The van der Waals surface area contributed by atoms with E-state index < -0.39 is 39.5 Å². The van der Waals surface area contributed by atoms with Crippen molar-refractivity contribution in [2.24, 2.45) is 5.92 Å². The van der Waals surface area contributed by atoms with Crippen LogP contribution in [-0.2, 0) is 0 Å². The number of aromatic nitrogens is 1. The fourth-order valence-electron chi connectivity index (χ4n) is 3.39. The zero-order valence-corrected chi connectivity index (χ0v) is 17.1. The average Bonchev–Trinajstić information content (AvgIpc) is 3.09. The Balaban J connectivity index is 1.55. The van der Waals surface area contributed by atoms with Gasteiger partial charge in [-0.05, 0) is 45.4 Å². The van der Waals surface area contributed by atoms with Gasteiger partial charge in [-0.3, -0.25) is 4.79 Å². The summed E-state index contributed by atoms with van der Waals surface area (Å²) in [5, 5.41) is 8.09. The van der Waals surface area contributed by atoms with Crippen molar-refractivity contribution in [3.8, 4) is 0 Å². The molecule has 9 heteroatoms. The quantitative estimate of drug-likeness (QED) is 0.503. The van der Waals surface area contributed by atoms with Crippen molar-refractivity contribution in [1.29, 1.82) is 0 Å². The number of nitrogens with zero attached hydrogens (tertiary/aromatic N) is 1. The van der Waals surface area contributed by atoms with E-state index in [-0.39, 0.29) is 6.04 Å². The average molecular weight is 432 g/mol. The summed E-state index contributed by atoms with van der Waals surface area (Å²) in [5.41, 5.74) is -0.211. The van der Waals surface area contributed by atoms with Crippen LogP contribution in [-0.4, -0.2) is 23.5 Å². The normalized spacial score (nSPS) is 19.5. The maximum atomic E-state index is 14.3. The van der Waals surface area contributed by atoms with Crippen LogP contribution in [0.2, 0.25) is 5.02 Å². The van der Waals surface area contributed by atoms with E-state index in [1.54, 1.807) is 11.3 Å². The molecule has 0 bridgehead atoms. The van der Waals surface area contributed by atoms with E-state index in [1.807, 2.05) is 12.3 Å². The molecule has 3 rings (SSSR count). The second-order valence-corrected chi connectivity index (χ2v) is 8.36. The predicted octanol–water partition coefficient (Wildman–Crippen LogP) is 5.23. The minimum absolute atomic E-state index is 0.158. The van der Waals surface area contributed by atoms with Gasteiger partial charge in [0.05, 0.1) is 16.3 Å². The molecular formula is C19H21ClF3N3OS. The minimum Gasteiger partial charge on any atom is -0.361 e. The Kier molecular flexibility index (Phi) is 6.50. The van der Waals surface area contributed by atoms with Crippen LogP contribution in [0.4, 0.5) is 18.3 Å². The highest BCUT2D eigenvalue weighted by Crippen LogP contribution is 2.30. The molecule has 1 heterocycles. The zero-order valence-electron chi connectivity index (χ0n) is 15.5. The molecule has 0 unspecified atom stereocenters. The predicted molar refractivity (Wildman–Crippen MR) is 105 cm³/mol. The fraction of sp³-hybridized carbons (Fsp3) is 0.474. The van der Waals surface area contributed by atoms with E-state index in [4.69, 9.17) is 11.6 Å². The summed E-state index contributed by atoms with van der Waals surface area (Å²) in [6.07, 6.45) is 3.21. The SMILES string of the molecule is Cc1csc(NCC2CCC(NC(=O)c3c(F)c(C)c(F)c(F)c3Cl)CC2)n1. The van der Waals surface area contributed by atoms with Crippen molar-refractivity contribution in [3.63, 3.8) is 0 Å². The first kappa shape index (κ1) is 20.9. The molecule has 1 aliphatic rings. The lowest BCUT2D eigenvalue weighted by Crippen LogP contribution is -2.39. The molecule has 1 aromatic carbocycles. The van der Waals surface area contributed by atoms with E-state index in [0.29, 0.717) is 5.92 Å². The third-order valence-corrected chi connectivity index (χ3v) is 6.33. The largest absolute Gasteiger partial charge is 0.361 e. The van der Waals surface area contributed by atoms with Crippen LogP contribution >= 0.6 is 22.9 Å². The van der Waals surface area contributed by atoms with Crippen LogP contribution in [0.15, 0.2) is 5.38 Å². The summed E-state index contributed by atoms with van der Waals surface area (Å²) in [7, 11) is 0. The van der Waals surface area contributed by atoms with Gasteiger partial charge >= 0.3 is 0 Å². The molecule has 1 aromatic heterocycles. The molecule has 0 spiro atoms. The highest BCUT2D eigenvalue weighted by molar-refractivity contribution is 7.13. The number of nitrogens with one attached hydrogen (secondary N) is 2. The summed E-state index contributed by atoms with van der Waals surface area (Å²) in [5.74, 6) is -4.27. The molecule has 1 saturated carbocycles. The lowest BCUT2D eigenvalue weighted by molar-refractivity contribution is 0.0918. The molecule has 1 aliphatic carbocycles. The van der Waals surface area contributed by atoms with Gasteiger partial charge in [-0.15, -0.1) is 11.3 Å². The maximum Gasteiger partial charge on any atom is 0.256 e. The second kappa shape index (κ2) is 8.69. The van der Waals surface area contributed by atoms with Crippen molar-refractivity contribution in [2.45, 2.75) is 45.6 Å². The fourth-order valence-corrected chi connectivity index (χ4v) is 4.34. The van der Waals surface area contributed by atoms with Gasteiger partial charge < -0.3 is 10.6 Å². The number of halogens is 4. The molecule has 0 atom stereocenters. The summed E-state index contributed by atoms with van der Waals surface area (Å²) in [4.78, 5) is 16.8. The second-order valence-electron chi connectivity index (χ2n) is 7.12. The smallest absolute Gasteiger partial charge is 0.256 e. The number of amides is 1. The van der Waals surface area contributed by atoms with Crippen LogP contribution in [0, 0.1) is 37.2 Å². The topological polar surface area (TPSA) is 54.0 Å². The Labute approximate surface area is 170 Å². The van der Waals surface area contributed by atoms with Gasteiger partial charge in [-0.25, -0.2) is 18.2 Å². The number of aryl methyl sites for hydroxylation is 1. The third-order valence-electron chi connectivity index (χ3n) is 5.05. The van der Waals surface area contributed by atoms with Gasteiger partial charge in [0.15, 0.2) is 16.8 Å². The van der Waals surface area contributed by atoms with Crippen molar-refractivity contribution in [3.05, 3.63) is 44.7 Å². The molecule has 2 aromatic rings. The number of benzene rings is 1. The summed E-state index contributed by atoms with van der Waals surface area (Å²) < 4.78 is 41.6. The van der Waals surface area contributed by atoms with Gasteiger partial charge in [-0.1, -0.05) is 11.6 Å². The lowest BCUT2D eigenvalue weighted by Gasteiger charge is -2.29. The van der Waals surface area contributed by atoms with Crippen molar-refractivity contribution in [1.82, 2.24) is 10.3 Å². The van der Waals surface area contributed by atoms with Crippen LogP contribution in [0.5, 0.6) is 0 Å². The first-order valence-corrected chi connectivity index (χ1v) is 10.3. The Morgan fingerprint density at radius 1 is 1.18 bits per heavy atom. The van der Waals surface area contributed by atoms with Crippen LogP contribution in [0.25, 0.3) is 0 Å². The van der Waals surface area contributed by atoms with E-state index in [2.05, 4.69) is 15.6 Å². The van der Waals surface area contributed by atoms with Crippen LogP contribution in [0.1, 0.15) is 47.3 Å². The molecular weight excluding hydrogens is 411 g/mol. The summed E-state index contributed by atoms with van der Waals surface area (Å²) in [6.45, 7) is 3.82. The highest BCUT2D eigenvalue weighted by atomic mass is 35.5. The molecule has 152 valence electrons. The van der Waals surface area contributed by atoms with Crippen molar-refractivity contribution < 1.29 is 18.0 Å². The van der Waals surface area contributed by atoms with E-state index >= 15 is 0 Å². The van der Waals surface area contributed by atoms with Crippen molar-refractivity contribution in [2.75, 3.05) is 11.9 Å². The van der Waals surface area contributed by atoms with E-state index in [0.717, 1.165) is 50.0 Å². The summed E-state index contributed by atoms with van der Waals surface area (Å²) in [6, 6.07) is -0.158. The molecule has 0 radical (unpaired) electrons. The standard InChI is InChI=1S/C19H21ClF3N3OS/c1-9-8-28-19(25-9)24-7-11-3-5-12(6-4-11)26-18(27)13-14(20)17(23)16(22)10(2)15(13)21/h8,11-12H,3-7H2,1-2H3,(H,24,25)(H,26,27). The number of carbonyl (C=O) groups excluding carboxylic acids is 1. The Morgan fingerprint density at radius 3 is 2.46 bits per heavy atom. The van der Waals surface area contributed by atoms with Crippen LogP contribution in [0.3, 0.4) is 0 Å². The molecule has 0 aliphatic heterocycles. The molecule has 2 N–H and O–H groups in total. The van der Waals surface area contributed by atoms with Gasteiger partial charge in [0.1, 0.15) is 5.82 Å². The van der Waals surface area contributed by atoms with Crippen molar-refractivity contribution >= 4 is 34.0 Å². The number of anilines is 1. The Bertz CT molecular complexity index is 853. The van der Waals surface area contributed by atoms with Gasteiger partial charge in [0.2, 0.25) is 0 Å². The molecule has 0 saturated heterocycles. The number of hydrogen-bond donors (Lipinski definition) is 2. The first-order chi connectivity index (χ1) is 13.3. The first-order valence-electron chi connectivity index (χ1n) is 9.07. The van der Waals surface area contributed by atoms with Gasteiger partial charge in [-0.2, -0.15) is 0 Å². The number of carbonyl (C=O) groups is 1. The molecule has 1 amide bonds. The molecule has 4 nitrogen and oxygen atoms in total. The number of rotatable bonds is 5.